The van der Waals surface area contributed by atoms with Gasteiger partial charge in [0, 0.05) is 0 Å². The molecule has 0 saturated heterocycles. The minimum atomic E-state index is -1.13. The third-order valence-corrected chi connectivity index (χ3v) is 10.8. The molecule has 17 heavy (non-hydrogen) atoms. The summed E-state index contributed by atoms with van der Waals surface area (Å²) < 4.78 is 0. The minimum absolute atomic E-state index is 0.527. The van der Waals surface area contributed by atoms with Crippen molar-refractivity contribution in [1.29, 1.82) is 0 Å². The first-order chi connectivity index (χ1) is 7.81. The van der Waals surface area contributed by atoms with E-state index in [9.17, 15) is 0 Å². The van der Waals surface area contributed by atoms with Crippen LogP contribution >= 0.6 is 0 Å². The highest BCUT2D eigenvalue weighted by atomic mass is 28.3. The highest BCUT2D eigenvalue weighted by Gasteiger charge is 2.38. The van der Waals surface area contributed by atoms with E-state index in [0.29, 0.717) is 5.04 Å². The Morgan fingerprint density at radius 3 is 2.47 bits per heavy atom. The average molecular weight is 248 g/mol. The van der Waals surface area contributed by atoms with Gasteiger partial charge in [-0.2, -0.15) is 0 Å². The molecule has 2 aliphatic carbocycles. The SMILES string of the molecule is CC(C)(C)[Si](C)(C)CC1C=CC2=C1CCCC2. The molecule has 0 aliphatic heterocycles. The standard InChI is InChI=1S/C16H28Si/c1-16(2,3)17(4,5)12-14-11-10-13-8-6-7-9-15(13)14/h10-11,14H,6-9,12H2,1-5H3. The second-order valence-electron chi connectivity index (χ2n) is 7.56. The van der Waals surface area contributed by atoms with Crippen molar-refractivity contribution in [3.8, 4) is 0 Å². The fourth-order valence-electron chi connectivity index (χ4n) is 2.96. The van der Waals surface area contributed by atoms with Crippen LogP contribution < -0.4 is 0 Å². The molecule has 0 bridgehead atoms. The Bertz CT molecular complexity index is 352. The lowest BCUT2D eigenvalue weighted by molar-refractivity contribution is 0.631. The molecule has 2 aliphatic rings. The molecule has 0 aromatic rings. The average Bonchev–Trinajstić information content (AvgIpc) is 2.60. The number of allylic oxidation sites excluding steroid dienone is 4. The van der Waals surface area contributed by atoms with Crippen LogP contribution in [0.4, 0.5) is 0 Å². The van der Waals surface area contributed by atoms with Crippen molar-refractivity contribution in [2.45, 2.75) is 70.6 Å². The van der Waals surface area contributed by atoms with E-state index in [-0.39, 0.29) is 0 Å². The van der Waals surface area contributed by atoms with Gasteiger partial charge in [-0.05, 0) is 48.3 Å². The summed E-state index contributed by atoms with van der Waals surface area (Å²) in [7, 11) is -1.13. The lowest BCUT2D eigenvalue weighted by Crippen LogP contribution is -2.38. The largest absolute Gasteiger partial charge is 0.0773 e. The number of hydrogen-bond donors (Lipinski definition) is 0. The van der Waals surface area contributed by atoms with Gasteiger partial charge in [-0.15, -0.1) is 0 Å². The van der Waals surface area contributed by atoms with E-state index in [1.165, 1.54) is 31.7 Å². The molecule has 1 heteroatoms. The zero-order valence-corrected chi connectivity index (χ0v) is 13.3. The minimum Gasteiger partial charge on any atom is -0.0773 e. The Kier molecular flexibility index (Phi) is 3.42. The fraction of sp³-hybridized carbons (Fsp3) is 0.750. The van der Waals surface area contributed by atoms with E-state index >= 15 is 0 Å². The van der Waals surface area contributed by atoms with Crippen molar-refractivity contribution < 1.29 is 0 Å². The van der Waals surface area contributed by atoms with Crippen molar-refractivity contribution in [2.75, 3.05) is 0 Å². The van der Waals surface area contributed by atoms with E-state index in [2.05, 4.69) is 46.0 Å². The fourth-order valence-corrected chi connectivity index (χ4v) is 5.06. The van der Waals surface area contributed by atoms with E-state index in [0.717, 1.165) is 5.92 Å². The van der Waals surface area contributed by atoms with Gasteiger partial charge in [-0.25, -0.2) is 0 Å². The van der Waals surface area contributed by atoms with Crippen molar-refractivity contribution in [1.82, 2.24) is 0 Å². The summed E-state index contributed by atoms with van der Waals surface area (Å²) in [6.07, 6.45) is 10.5. The van der Waals surface area contributed by atoms with Crippen molar-refractivity contribution in [3.63, 3.8) is 0 Å². The molecule has 0 N–H and O–H groups in total. The maximum Gasteiger partial charge on any atom is 0.0536 e. The molecule has 2 rings (SSSR count). The van der Waals surface area contributed by atoms with Gasteiger partial charge < -0.3 is 0 Å². The van der Waals surface area contributed by atoms with Gasteiger partial charge in [0.25, 0.3) is 0 Å². The highest BCUT2D eigenvalue weighted by Crippen LogP contribution is 2.46. The summed E-state index contributed by atoms with van der Waals surface area (Å²) in [5, 5.41) is 0.527. The molecule has 1 atom stereocenters. The summed E-state index contributed by atoms with van der Waals surface area (Å²) in [5.74, 6) is 0.797. The van der Waals surface area contributed by atoms with Gasteiger partial charge in [0.1, 0.15) is 0 Å². The van der Waals surface area contributed by atoms with Crippen molar-refractivity contribution in [2.24, 2.45) is 5.92 Å². The third kappa shape index (κ3) is 2.59. The summed E-state index contributed by atoms with van der Waals surface area (Å²) in [5.41, 5.74) is 3.50. The first-order valence-corrected chi connectivity index (χ1v) is 10.4. The lowest BCUT2D eigenvalue weighted by atomic mass is 9.89. The molecule has 0 fully saturated rings. The van der Waals surface area contributed by atoms with E-state index in [1.807, 2.05) is 0 Å². The van der Waals surface area contributed by atoms with Crippen LogP contribution in [-0.2, 0) is 0 Å². The molecule has 1 unspecified atom stereocenters. The first kappa shape index (κ1) is 13.1. The third-order valence-electron chi connectivity index (χ3n) is 5.29. The Labute approximate surface area is 108 Å². The molecule has 0 heterocycles. The Balaban J connectivity index is 2.11. The smallest absolute Gasteiger partial charge is 0.0536 e. The zero-order valence-electron chi connectivity index (χ0n) is 12.3. The van der Waals surface area contributed by atoms with E-state index in [4.69, 9.17) is 0 Å². The van der Waals surface area contributed by atoms with Gasteiger partial charge in [-0.1, -0.05) is 51.6 Å². The van der Waals surface area contributed by atoms with Crippen LogP contribution in [-0.4, -0.2) is 8.07 Å². The zero-order chi connectivity index (χ0) is 12.7. The van der Waals surface area contributed by atoms with Crippen LogP contribution in [0.1, 0.15) is 46.5 Å². The van der Waals surface area contributed by atoms with E-state index < -0.39 is 8.07 Å². The molecule has 96 valence electrons. The Morgan fingerprint density at radius 2 is 1.82 bits per heavy atom. The van der Waals surface area contributed by atoms with Gasteiger partial charge in [0.15, 0.2) is 0 Å². The number of rotatable bonds is 2. The van der Waals surface area contributed by atoms with Crippen molar-refractivity contribution >= 4 is 8.07 Å². The Morgan fingerprint density at radius 1 is 1.18 bits per heavy atom. The topological polar surface area (TPSA) is 0 Å². The molecule has 0 spiro atoms. The van der Waals surface area contributed by atoms with Crippen LogP contribution in [0.15, 0.2) is 23.3 Å². The molecule has 0 amide bonds. The molecule has 0 nitrogen and oxygen atoms in total. The maximum atomic E-state index is 2.57. The van der Waals surface area contributed by atoms with Crippen LogP contribution in [0, 0.1) is 5.92 Å². The molecular formula is C16H28Si. The predicted molar refractivity (Wildman–Crippen MR) is 80.1 cm³/mol. The van der Waals surface area contributed by atoms with Crippen molar-refractivity contribution in [3.05, 3.63) is 23.3 Å². The summed E-state index contributed by atoms with van der Waals surface area (Å²) in [4.78, 5) is 0. The van der Waals surface area contributed by atoms with Gasteiger partial charge in [0.05, 0.1) is 8.07 Å². The quantitative estimate of drug-likeness (QED) is 0.562. The van der Waals surface area contributed by atoms with E-state index in [1.54, 1.807) is 11.1 Å². The van der Waals surface area contributed by atoms with Crippen LogP contribution in [0.2, 0.25) is 24.2 Å². The molecule has 0 saturated carbocycles. The van der Waals surface area contributed by atoms with Gasteiger partial charge in [0.2, 0.25) is 0 Å². The highest BCUT2D eigenvalue weighted by molar-refractivity contribution is 6.80. The summed E-state index contributed by atoms with van der Waals surface area (Å²) >= 11 is 0. The maximum absolute atomic E-state index is 2.57. The Hall–Kier alpha value is -0.303. The van der Waals surface area contributed by atoms with Gasteiger partial charge in [-0.3, -0.25) is 0 Å². The van der Waals surface area contributed by atoms with Gasteiger partial charge >= 0.3 is 0 Å². The van der Waals surface area contributed by atoms with Crippen LogP contribution in [0.5, 0.6) is 0 Å². The number of hydrogen-bond acceptors (Lipinski definition) is 0. The molecule has 0 aromatic heterocycles. The van der Waals surface area contributed by atoms with Crippen LogP contribution in [0.3, 0.4) is 0 Å². The first-order valence-electron chi connectivity index (χ1n) is 7.21. The predicted octanol–water partition coefficient (Wildman–Crippen LogP) is 5.55. The summed E-state index contributed by atoms with van der Waals surface area (Å²) in [6.45, 7) is 12.5. The van der Waals surface area contributed by atoms with Crippen LogP contribution in [0.25, 0.3) is 0 Å². The second kappa shape index (κ2) is 4.42. The molecule has 0 radical (unpaired) electrons. The second-order valence-corrected chi connectivity index (χ2v) is 13.2. The molecule has 0 aromatic carbocycles. The summed E-state index contributed by atoms with van der Waals surface area (Å²) in [6, 6.07) is 1.45. The molecular weight excluding hydrogens is 220 g/mol. The lowest BCUT2D eigenvalue weighted by Gasteiger charge is -2.39. The normalized spacial score (nSPS) is 25.4. The monoisotopic (exact) mass is 248 g/mol.